The van der Waals surface area contributed by atoms with Gasteiger partial charge in [0.2, 0.25) is 11.7 Å². The molecule has 1 aromatic heterocycles. The Morgan fingerprint density at radius 3 is 3.10 bits per heavy atom. The third-order valence-corrected chi connectivity index (χ3v) is 4.20. The van der Waals surface area contributed by atoms with Crippen LogP contribution < -0.4 is 5.32 Å². The van der Waals surface area contributed by atoms with Crippen molar-refractivity contribution in [1.82, 2.24) is 20.4 Å². The lowest BCUT2D eigenvalue weighted by atomic mass is 10.0. The minimum atomic E-state index is -0.0850. The number of ether oxygens (including phenoxy) is 2. The topological polar surface area (TPSA) is 72.7 Å². The Hall–Kier alpha value is -1.02. The number of morpholine rings is 1. The highest BCUT2D eigenvalue weighted by Crippen LogP contribution is 2.27. The molecule has 0 saturated carbocycles. The van der Waals surface area contributed by atoms with Crippen LogP contribution in [-0.4, -0.2) is 67.6 Å². The Bertz CT molecular complexity index is 451. The second-order valence-electron chi connectivity index (χ2n) is 5.69. The average Bonchev–Trinajstić information content (AvgIpc) is 3.16. The molecule has 7 heteroatoms. The van der Waals surface area contributed by atoms with Crippen LogP contribution in [0.1, 0.15) is 37.1 Å². The van der Waals surface area contributed by atoms with Crippen molar-refractivity contribution in [3.8, 4) is 0 Å². The Labute approximate surface area is 125 Å². The molecule has 0 bridgehead atoms. The normalized spacial score (nSPS) is 30.9. The predicted molar refractivity (Wildman–Crippen MR) is 76.1 cm³/mol. The second-order valence-corrected chi connectivity index (χ2v) is 5.69. The van der Waals surface area contributed by atoms with Crippen molar-refractivity contribution in [3.63, 3.8) is 0 Å². The molecule has 1 N–H and O–H groups in total. The quantitative estimate of drug-likeness (QED) is 0.851. The summed E-state index contributed by atoms with van der Waals surface area (Å²) in [5, 5.41) is 7.36. The van der Waals surface area contributed by atoms with Crippen LogP contribution >= 0.6 is 0 Å². The SMILES string of the molecule is CCCN1CCOC(c2noc(C3COCC3NC)n2)C1. The molecular weight excluding hydrogens is 272 g/mol. The van der Waals surface area contributed by atoms with Gasteiger partial charge in [0.15, 0.2) is 0 Å². The van der Waals surface area contributed by atoms with E-state index < -0.39 is 0 Å². The fourth-order valence-corrected chi connectivity index (χ4v) is 2.99. The first-order valence-corrected chi connectivity index (χ1v) is 7.74. The largest absolute Gasteiger partial charge is 0.379 e. The molecular formula is C14H24N4O3. The molecule has 21 heavy (non-hydrogen) atoms. The first-order valence-electron chi connectivity index (χ1n) is 7.74. The smallest absolute Gasteiger partial charge is 0.233 e. The molecule has 3 heterocycles. The van der Waals surface area contributed by atoms with Crippen molar-refractivity contribution in [1.29, 1.82) is 0 Å². The van der Waals surface area contributed by atoms with Gasteiger partial charge in [-0.1, -0.05) is 12.1 Å². The summed E-state index contributed by atoms with van der Waals surface area (Å²) < 4.78 is 16.7. The van der Waals surface area contributed by atoms with E-state index in [-0.39, 0.29) is 18.1 Å². The number of rotatable bonds is 5. The minimum absolute atomic E-state index is 0.0850. The van der Waals surface area contributed by atoms with Gasteiger partial charge >= 0.3 is 0 Å². The van der Waals surface area contributed by atoms with Crippen LogP contribution in [0.25, 0.3) is 0 Å². The summed E-state index contributed by atoms with van der Waals surface area (Å²) in [6.45, 7) is 7.12. The maximum atomic E-state index is 5.80. The van der Waals surface area contributed by atoms with Crippen LogP contribution in [0.15, 0.2) is 4.52 Å². The van der Waals surface area contributed by atoms with Crippen LogP contribution in [0.4, 0.5) is 0 Å². The van der Waals surface area contributed by atoms with Crippen molar-refractivity contribution in [2.75, 3.05) is 46.5 Å². The Morgan fingerprint density at radius 2 is 2.29 bits per heavy atom. The molecule has 2 saturated heterocycles. The fraction of sp³-hybridized carbons (Fsp3) is 0.857. The summed E-state index contributed by atoms with van der Waals surface area (Å²) in [4.78, 5) is 6.95. The lowest BCUT2D eigenvalue weighted by molar-refractivity contribution is -0.0350. The fourth-order valence-electron chi connectivity index (χ4n) is 2.99. The maximum Gasteiger partial charge on any atom is 0.233 e. The molecule has 0 aliphatic carbocycles. The summed E-state index contributed by atoms with van der Waals surface area (Å²) in [5.41, 5.74) is 0. The maximum absolute atomic E-state index is 5.80. The van der Waals surface area contributed by atoms with Crippen molar-refractivity contribution >= 4 is 0 Å². The van der Waals surface area contributed by atoms with Gasteiger partial charge in [-0.15, -0.1) is 0 Å². The van der Waals surface area contributed by atoms with Crippen LogP contribution in [0.2, 0.25) is 0 Å². The van der Waals surface area contributed by atoms with Gasteiger partial charge in [-0.25, -0.2) is 0 Å². The zero-order chi connectivity index (χ0) is 14.7. The molecule has 2 fully saturated rings. The van der Waals surface area contributed by atoms with E-state index in [1.165, 1.54) is 0 Å². The molecule has 2 aliphatic rings. The molecule has 3 rings (SSSR count). The van der Waals surface area contributed by atoms with Gasteiger partial charge in [-0.3, -0.25) is 4.90 Å². The predicted octanol–water partition coefficient (Wildman–Crippen LogP) is 0.555. The molecule has 0 spiro atoms. The summed E-state index contributed by atoms with van der Waals surface area (Å²) in [7, 11) is 1.93. The van der Waals surface area contributed by atoms with Gasteiger partial charge in [-0.05, 0) is 20.0 Å². The van der Waals surface area contributed by atoms with E-state index in [0.717, 1.165) is 32.7 Å². The summed E-state index contributed by atoms with van der Waals surface area (Å²) in [6, 6.07) is 0.238. The van der Waals surface area contributed by atoms with Gasteiger partial charge < -0.3 is 19.3 Å². The van der Waals surface area contributed by atoms with Crippen LogP contribution in [0.5, 0.6) is 0 Å². The number of nitrogens with one attached hydrogen (secondary N) is 1. The van der Waals surface area contributed by atoms with E-state index in [2.05, 4.69) is 27.3 Å². The monoisotopic (exact) mass is 296 g/mol. The van der Waals surface area contributed by atoms with E-state index in [0.29, 0.717) is 24.9 Å². The number of likely N-dealkylation sites (N-methyl/N-ethyl adjacent to an activating group) is 1. The second kappa shape index (κ2) is 6.83. The molecule has 118 valence electrons. The highest BCUT2D eigenvalue weighted by atomic mass is 16.5. The van der Waals surface area contributed by atoms with Crippen molar-refractivity contribution in [2.45, 2.75) is 31.4 Å². The number of hydrogen-bond donors (Lipinski definition) is 1. The first kappa shape index (κ1) is 14.9. The molecule has 0 aromatic carbocycles. The minimum Gasteiger partial charge on any atom is -0.379 e. The zero-order valence-corrected chi connectivity index (χ0v) is 12.7. The first-order chi connectivity index (χ1) is 10.3. The summed E-state index contributed by atoms with van der Waals surface area (Å²) in [5.74, 6) is 1.44. The highest BCUT2D eigenvalue weighted by molar-refractivity contribution is 5.04. The van der Waals surface area contributed by atoms with E-state index in [4.69, 9.17) is 14.0 Å². The lowest BCUT2D eigenvalue weighted by Gasteiger charge is -2.30. The third kappa shape index (κ3) is 3.26. The number of nitrogens with zero attached hydrogens (tertiary/aromatic N) is 3. The number of aromatic nitrogens is 2. The van der Waals surface area contributed by atoms with E-state index in [1.807, 2.05) is 7.05 Å². The molecule has 7 nitrogen and oxygen atoms in total. The summed E-state index contributed by atoms with van der Waals surface area (Å²) in [6.07, 6.45) is 1.06. The van der Waals surface area contributed by atoms with Crippen LogP contribution in [0.3, 0.4) is 0 Å². The Balaban J connectivity index is 1.67. The zero-order valence-electron chi connectivity index (χ0n) is 12.7. The standard InChI is InChI=1S/C14H24N4O3/c1-3-4-18-5-6-20-12(7-18)13-16-14(21-17-13)10-8-19-9-11(10)15-2/h10-12,15H,3-9H2,1-2H3. The molecule has 0 amide bonds. The highest BCUT2D eigenvalue weighted by Gasteiger charge is 2.34. The van der Waals surface area contributed by atoms with Crippen LogP contribution in [-0.2, 0) is 9.47 Å². The van der Waals surface area contributed by atoms with Gasteiger partial charge in [-0.2, -0.15) is 4.98 Å². The molecule has 1 aromatic rings. The summed E-state index contributed by atoms with van der Waals surface area (Å²) >= 11 is 0. The van der Waals surface area contributed by atoms with E-state index in [9.17, 15) is 0 Å². The number of hydrogen-bond acceptors (Lipinski definition) is 7. The van der Waals surface area contributed by atoms with E-state index in [1.54, 1.807) is 0 Å². The van der Waals surface area contributed by atoms with Crippen molar-refractivity contribution in [2.24, 2.45) is 0 Å². The molecule has 2 aliphatic heterocycles. The van der Waals surface area contributed by atoms with Gasteiger partial charge in [0.05, 0.1) is 25.7 Å². The Kier molecular flexibility index (Phi) is 4.84. The van der Waals surface area contributed by atoms with Gasteiger partial charge in [0, 0.05) is 19.1 Å². The lowest BCUT2D eigenvalue weighted by Crippen LogP contribution is -2.39. The van der Waals surface area contributed by atoms with Crippen molar-refractivity contribution < 1.29 is 14.0 Å². The van der Waals surface area contributed by atoms with Crippen molar-refractivity contribution in [3.05, 3.63) is 11.7 Å². The molecule has 3 unspecified atom stereocenters. The molecule has 0 radical (unpaired) electrons. The van der Waals surface area contributed by atoms with Gasteiger partial charge in [0.1, 0.15) is 6.10 Å². The van der Waals surface area contributed by atoms with E-state index >= 15 is 0 Å². The third-order valence-electron chi connectivity index (χ3n) is 4.20. The molecule has 3 atom stereocenters. The Morgan fingerprint density at radius 1 is 1.38 bits per heavy atom. The van der Waals surface area contributed by atoms with Crippen LogP contribution in [0, 0.1) is 0 Å². The van der Waals surface area contributed by atoms with Gasteiger partial charge in [0.25, 0.3) is 0 Å². The average molecular weight is 296 g/mol.